The Balaban J connectivity index is 1.74. The summed E-state index contributed by atoms with van der Waals surface area (Å²) in [7, 11) is 0. The van der Waals surface area contributed by atoms with E-state index in [2.05, 4.69) is 47.2 Å². The minimum Gasteiger partial charge on any atom is -0.489 e. The first kappa shape index (κ1) is 15.5. The molecule has 0 radical (unpaired) electrons. The number of hydrogen-bond donors (Lipinski definition) is 1. The third-order valence-electron chi connectivity index (χ3n) is 3.05. The van der Waals surface area contributed by atoms with Crippen molar-refractivity contribution in [3.05, 3.63) is 33.8 Å². The van der Waals surface area contributed by atoms with Gasteiger partial charge in [-0.2, -0.15) is 0 Å². The van der Waals surface area contributed by atoms with E-state index in [0.29, 0.717) is 12.7 Å². The number of hydrogen-bond acceptors (Lipinski definition) is 3. The van der Waals surface area contributed by atoms with E-state index in [-0.39, 0.29) is 0 Å². The first-order chi connectivity index (χ1) is 9.65. The largest absolute Gasteiger partial charge is 0.489 e. The summed E-state index contributed by atoms with van der Waals surface area (Å²) >= 11 is 3.49. The minimum atomic E-state index is 0.319. The third-order valence-corrected chi connectivity index (χ3v) is 3.54. The molecular weight excluding hydrogens is 318 g/mol. The fraction of sp³-hybridized carbons (Fsp3) is 0.500. The highest BCUT2D eigenvalue weighted by Crippen LogP contribution is 2.28. The molecule has 2 rings (SSSR count). The lowest BCUT2D eigenvalue weighted by molar-refractivity contribution is 0.0772. The zero-order valence-electron chi connectivity index (χ0n) is 12.1. The van der Waals surface area contributed by atoms with Crippen molar-refractivity contribution in [1.29, 1.82) is 0 Å². The molecule has 0 spiro atoms. The van der Waals surface area contributed by atoms with Gasteiger partial charge in [0.05, 0.1) is 6.10 Å². The topological polar surface area (TPSA) is 30.5 Å². The van der Waals surface area contributed by atoms with Crippen LogP contribution in [0.25, 0.3) is 6.08 Å². The average Bonchev–Trinajstić information content (AvgIpc) is 2.42. The Bertz CT molecular complexity index is 472. The van der Waals surface area contributed by atoms with Crippen LogP contribution in [0.15, 0.2) is 28.2 Å². The van der Waals surface area contributed by atoms with Gasteiger partial charge in [0.1, 0.15) is 12.4 Å². The van der Waals surface area contributed by atoms with Crippen molar-refractivity contribution in [3.8, 4) is 5.75 Å². The molecule has 0 amide bonds. The molecule has 0 aliphatic carbocycles. The number of nitrogens with one attached hydrogen (secondary N) is 1. The molecule has 0 saturated carbocycles. The Hall–Kier alpha value is -0.840. The van der Waals surface area contributed by atoms with Gasteiger partial charge in [-0.25, -0.2) is 0 Å². The molecule has 0 saturated heterocycles. The highest BCUT2D eigenvalue weighted by atomic mass is 79.9. The van der Waals surface area contributed by atoms with E-state index >= 15 is 0 Å². The molecule has 3 nitrogen and oxygen atoms in total. The molecule has 4 heteroatoms. The van der Waals surface area contributed by atoms with Gasteiger partial charge >= 0.3 is 0 Å². The third kappa shape index (κ3) is 4.93. The fourth-order valence-electron chi connectivity index (χ4n) is 2.06. The van der Waals surface area contributed by atoms with Crippen molar-refractivity contribution in [1.82, 2.24) is 5.32 Å². The van der Waals surface area contributed by atoms with Crippen molar-refractivity contribution >= 4 is 22.0 Å². The second-order valence-corrected chi connectivity index (χ2v) is 6.14. The predicted octanol–water partition coefficient (Wildman–Crippen LogP) is 3.63. The van der Waals surface area contributed by atoms with Crippen molar-refractivity contribution in [2.45, 2.75) is 26.4 Å². The molecule has 0 atom stereocenters. The highest BCUT2D eigenvalue weighted by molar-refractivity contribution is 9.10. The van der Waals surface area contributed by atoms with Crippen molar-refractivity contribution < 1.29 is 9.47 Å². The summed E-state index contributed by atoms with van der Waals surface area (Å²) in [6.45, 7) is 7.45. The summed E-state index contributed by atoms with van der Waals surface area (Å²) in [5, 5.41) is 3.43. The van der Waals surface area contributed by atoms with E-state index < -0.39 is 0 Å². The van der Waals surface area contributed by atoms with Crippen LogP contribution in [0.3, 0.4) is 0 Å². The fourth-order valence-corrected chi connectivity index (χ4v) is 2.44. The number of rotatable bonds is 7. The van der Waals surface area contributed by atoms with E-state index in [9.17, 15) is 0 Å². The molecule has 1 heterocycles. The minimum absolute atomic E-state index is 0.319. The van der Waals surface area contributed by atoms with Gasteiger partial charge in [0.15, 0.2) is 0 Å². The lowest BCUT2D eigenvalue weighted by Crippen LogP contribution is -2.23. The maximum atomic E-state index is 5.75. The maximum Gasteiger partial charge on any atom is 0.127 e. The molecule has 0 bridgehead atoms. The summed E-state index contributed by atoms with van der Waals surface area (Å²) in [6.07, 6.45) is 3.56. The quantitative estimate of drug-likeness (QED) is 0.769. The summed E-state index contributed by atoms with van der Waals surface area (Å²) in [5.74, 6) is 0.960. The van der Waals surface area contributed by atoms with Gasteiger partial charge in [0.2, 0.25) is 0 Å². The van der Waals surface area contributed by atoms with Crippen LogP contribution in [0, 0.1) is 0 Å². The summed E-state index contributed by atoms with van der Waals surface area (Å²) in [6, 6.07) is 6.10. The molecule has 0 fully saturated rings. The average molecular weight is 340 g/mol. The zero-order valence-corrected chi connectivity index (χ0v) is 13.7. The highest BCUT2D eigenvalue weighted by Gasteiger charge is 2.11. The first-order valence-electron chi connectivity index (χ1n) is 7.09. The number of benzene rings is 1. The summed E-state index contributed by atoms with van der Waals surface area (Å²) < 4.78 is 12.3. The number of halogens is 1. The van der Waals surface area contributed by atoms with E-state index in [1.807, 2.05) is 12.1 Å². The van der Waals surface area contributed by atoms with Gasteiger partial charge < -0.3 is 14.8 Å². The number of ether oxygens (including phenoxy) is 2. The second kappa shape index (κ2) is 7.81. The normalized spacial score (nSPS) is 13.9. The van der Waals surface area contributed by atoms with Gasteiger partial charge in [0, 0.05) is 23.2 Å². The van der Waals surface area contributed by atoms with Crippen LogP contribution in [-0.2, 0) is 4.74 Å². The predicted molar refractivity (Wildman–Crippen MR) is 86.2 cm³/mol. The Morgan fingerprint density at radius 1 is 1.40 bits per heavy atom. The molecule has 1 aliphatic rings. The van der Waals surface area contributed by atoms with Crippen molar-refractivity contribution in [2.75, 3.05) is 26.3 Å². The van der Waals surface area contributed by atoms with E-state index in [0.717, 1.165) is 41.9 Å². The smallest absolute Gasteiger partial charge is 0.127 e. The SMILES string of the molecule is CC(C)OCCCNCC1=Cc2cc(Br)ccc2OC1. The molecular formula is C16H22BrNO2. The van der Waals surface area contributed by atoms with Gasteiger partial charge in [0.25, 0.3) is 0 Å². The molecule has 110 valence electrons. The Morgan fingerprint density at radius 2 is 2.25 bits per heavy atom. The van der Waals surface area contributed by atoms with Crippen molar-refractivity contribution in [3.63, 3.8) is 0 Å². The monoisotopic (exact) mass is 339 g/mol. The van der Waals surface area contributed by atoms with E-state index in [1.165, 1.54) is 5.57 Å². The van der Waals surface area contributed by atoms with Crippen molar-refractivity contribution in [2.24, 2.45) is 0 Å². The van der Waals surface area contributed by atoms with Crippen LogP contribution in [0.2, 0.25) is 0 Å². The Labute approximate surface area is 129 Å². The van der Waals surface area contributed by atoms with Crippen LogP contribution >= 0.6 is 15.9 Å². The van der Waals surface area contributed by atoms with E-state index in [1.54, 1.807) is 0 Å². The van der Waals surface area contributed by atoms with Gasteiger partial charge in [-0.05, 0) is 56.7 Å². The lowest BCUT2D eigenvalue weighted by Gasteiger charge is -2.18. The lowest BCUT2D eigenvalue weighted by atomic mass is 10.1. The van der Waals surface area contributed by atoms with Crippen LogP contribution in [0.4, 0.5) is 0 Å². The Kier molecular flexibility index (Phi) is 6.07. The molecule has 1 N–H and O–H groups in total. The second-order valence-electron chi connectivity index (χ2n) is 5.22. The van der Waals surface area contributed by atoms with E-state index in [4.69, 9.17) is 9.47 Å². The molecule has 0 aromatic heterocycles. The number of fused-ring (bicyclic) bond motifs is 1. The molecule has 20 heavy (non-hydrogen) atoms. The van der Waals surface area contributed by atoms with Gasteiger partial charge in [-0.3, -0.25) is 0 Å². The Morgan fingerprint density at radius 3 is 3.05 bits per heavy atom. The van der Waals surface area contributed by atoms with Crippen LogP contribution in [0.5, 0.6) is 5.75 Å². The molecule has 1 aromatic carbocycles. The molecule has 1 aliphatic heterocycles. The summed E-state index contributed by atoms with van der Waals surface area (Å²) in [5.41, 5.74) is 2.42. The van der Waals surface area contributed by atoms with Crippen LogP contribution < -0.4 is 10.1 Å². The standard InChI is InChI=1S/C16H22BrNO2/c1-12(2)19-7-3-6-18-10-13-8-14-9-15(17)4-5-16(14)20-11-13/h4-5,8-9,12,18H,3,6-7,10-11H2,1-2H3. The van der Waals surface area contributed by atoms with Crippen LogP contribution in [0.1, 0.15) is 25.8 Å². The van der Waals surface area contributed by atoms with Gasteiger partial charge in [-0.15, -0.1) is 0 Å². The van der Waals surface area contributed by atoms with Gasteiger partial charge in [-0.1, -0.05) is 15.9 Å². The first-order valence-corrected chi connectivity index (χ1v) is 7.88. The zero-order chi connectivity index (χ0) is 14.4. The summed E-state index contributed by atoms with van der Waals surface area (Å²) in [4.78, 5) is 0. The van der Waals surface area contributed by atoms with Crippen LogP contribution in [-0.4, -0.2) is 32.4 Å². The molecule has 0 unspecified atom stereocenters. The maximum absolute atomic E-state index is 5.75. The molecule has 1 aromatic rings.